The summed E-state index contributed by atoms with van der Waals surface area (Å²) in [5, 5.41) is 8.71. The van der Waals surface area contributed by atoms with Gasteiger partial charge in [-0.2, -0.15) is 0 Å². The maximum absolute atomic E-state index is 10.4. The van der Waals surface area contributed by atoms with E-state index in [0.717, 1.165) is 0 Å². The van der Waals surface area contributed by atoms with E-state index in [1.807, 2.05) is 0 Å². The van der Waals surface area contributed by atoms with Crippen molar-refractivity contribution in [3.63, 3.8) is 0 Å². The number of aromatic carboxylic acids is 1. The van der Waals surface area contributed by atoms with Gasteiger partial charge in [-0.1, -0.05) is 12.1 Å². The molecule has 1 aromatic rings. The minimum absolute atomic E-state index is 0.194. The lowest BCUT2D eigenvalue weighted by atomic mass is 10.2. The Morgan fingerprint density at radius 2 is 1.85 bits per heavy atom. The van der Waals surface area contributed by atoms with Crippen LogP contribution in [-0.2, 0) is 0 Å². The van der Waals surface area contributed by atoms with Gasteiger partial charge in [0.2, 0.25) is 0 Å². The lowest BCUT2D eigenvalue weighted by Crippen LogP contribution is -1.96. The van der Waals surface area contributed by atoms with Gasteiger partial charge in [0.25, 0.3) is 0 Å². The number of alkyl halides is 2. The van der Waals surface area contributed by atoms with Crippen LogP contribution >= 0.6 is 35.8 Å². The van der Waals surface area contributed by atoms with E-state index in [1.54, 1.807) is 18.2 Å². The minimum Gasteiger partial charge on any atom is -0.478 e. The number of hydrogen-bond donors (Lipinski definition) is 2. The third-order valence-corrected chi connectivity index (χ3v) is 1.52. The molecule has 0 spiro atoms. The number of thiol groups is 1. The second kappa shape index (κ2) is 7.06. The molecule has 0 aliphatic carbocycles. The molecule has 0 unspecified atom stereocenters. The topological polar surface area (TPSA) is 37.3 Å². The number of carboxylic acid groups (broad SMARTS) is 1. The molecule has 2 nitrogen and oxygen atoms in total. The second-order valence-corrected chi connectivity index (χ2v) is 3.21. The van der Waals surface area contributed by atoms with Gasteiger partial charge in [-0.3, -0.25) is 0 Å². The molecule has 0 aliphatic heterocycles. The summed E-state index contributed by atoms with van der Waals surface area (Å²) in [4.78, 5) is 10.9. The predicted molar refractivity (Wildman–Crippen MR) is 57.2 cm³/mol. The third-order valence-electron chi connectivity index (χ3n) is 1.13. The Kier molecular flexibility index (Phi) is 6.86. The lowest BCUT2D eigenvalue weighted by Gasteiger charge is -1.95. The summed E-state index contributed by atoms with van der Waals surface area (Å²) >= 11 is 13.5. The predicted octanol–water partition coefficient (Wildman–Crippen LogP) is 3.10. The van der Waals surface area contributed by atoms with Gasteiger partial charge in [-0.05, 0) is 12.1 Å². The molecule has 0 fully saturated rings. The van der Waals surface area contributed by atoms with E-state index in [4.69, 9.17) is 28.3 Å². The van der Waals surface area contributed by atoms with Crippen molar-refractivity contribution in [2.75, 3.05) is 5.34 Å². The maximum atomic E-state index is 10.4. The molecule has 1 rings (SSSR count). The number of carboxylic acids is 1. The highest BCUT2D eigenvalue weighted by atomic mass is 35.5. The summed E-state index contributed by atoms with van der Waals surface area (Å²) in [6.07, 6.45) is 0. The van der Waals surface area contributed by atoms with Crippen molar-refractivity contribution in [2.24, 2.45) is 0 Å². The van der Waals surface area contributed by atoms with Crippen LogP contribution in [0.5, 0.6) is 0 Å². The van der Waals surface area contributed by atoms with Crippen molar-refractivity contribution >= 4 is 41.8 Å². The van der Waals surface area contributed by atoms with Crippen molar-refractivity contribution in [3.05, 3.63) is 29.8 Å². The average Bonchev–Trinajstić information content (AvgIpc) is 2.06. The van der Waals surface area contributed by atoms with Crippen molar-refractivity contribution in [1.29, 1.82) is 0 Å². The van der Waals surface area contributed by atoms with Crippen LogP contribution in [0.4, 0.5) is 0 Å². The van der Waals surface area contributed by atoms with E-state index < -0.39 is 5.97 Å². The Balaban J connectivity index is 0.000000424. The van der Waals surface area contributed by atoms with Gasteiger partial charge in [0.15, 0.2) is 0 Å². The fourth-order valence-corrected chi connectivity index (χ4v) is 0.911. The van der Waals surface area contributed by atoms with E-state index in [1.165, 1.54) is 6.07 Å². The fourth-order valence-electron chi connectivity index (χ4n) is 0.654. The first-order valence-corrected chi connectivity index (χ1v) is 4.78. The summed E-state index contributed by atoms with van der Waals surface area (Å²) in [5.74, 6) is -0.939. The number of benzene rings is 1. The highest BCUT2D eigenvalue weighted by Crippen LogP contribution is 2.11. The second-order valence-electron chi connectivity index (χ2n) is 1.92. The summed E-state index contributed by atoms with van der Waals surface area (Å²) in [6, 6.07) is 6.58. The quantitative estimate of drug-likeness (QED) is 0.583. The van der Waals surface area contributed by atoms with Crippen LogP contribution in [0, 0.1) is 0 Å². The van der Waals surface area contributed by atoms with Crippen LogP contribution in [-0.4, -0.2) is 16.4 Å². The molecule has 0 amide bonds. The number of rotatable bonds is 1. The molecule has 5 heteroatoms. The van der Waals surface area contributed by atoms with Crippen LogP contribution in [0.25, 0.3) is 0 Å². The third kappa shape index (κ3) is 5.03. The van der Waals surface area contributed by atoms with Crippen LogP contribution in [0.15, 0.2) is 29.2 Å². The molecular formula is C8H8Cl2O2S. The van der Waals surface area contributed by atoms with E-state index in [2.05, 4.69) is 12.6 Å². The molecule has 0 aromatic heterocycles. The molecule has 0 aliphatic rings. The number of carbonyl (C=O) groups is 1. The molecule has 0 heterocycles. The van der Waals surface area contributed by atoms with E-state index >= 15 is 0 Å². The lowest BCUT2D eigenvalue weighted by molar-refractivity contribution is 0.0693. The molecule has 72 valence electrons. The normalized spacial score (nSPS) is 8.54. The molecule has 0 saturated heterocycles. The van der Waals surface area contributed by atoms with Gasteiger partial charge in [-0.15, -0.1) is 35.8 Å². The van der Waals surface area contributed by atoms with Crippen LogP contribution in [0.1, 0.15) is 10.4 Å². The van der Waals surface area contributed by atoms with Gasteiger partial charge in [0.1, 0.15) is 0 Å². The van der Waals surface area contributed by atoms with Crippen molar-refractivity contribution in [1.82, 2.24) is 0 Å². The average molecular weight is 239 g/mol. The molecule has 1 aromatic carbocycles. The molecule has 13 heavy (non-hydrogen) atoms. The standard InChI is InChI=1S/C7H6O2S.CH2Cl2/c8-7(9)5-3-1-2-4-6(5)10;2-1-3/h1-4,10H,(H,8,9);1H2. The molecule has 1 N–H and O–H groups in total. The van der Waals surface area contributed by atoms with Crippen LogP contribution in [0.2, 0.25) is 0 Å². The van der Waals surface area contributed by atoms with E-state index in [9.17, 15) is 4.79 Å². The highest BCUT2D eigenvalue weighted by Gasteiger charge is 2.03. The summed E-state index contributed by atoms with van der Waals surface area (Å²) in [7, 11) is 0. The summed E-state index contributed by atoms with van der Waals surface area (Å²) in [5.41, 5.74) is 0.242. The monoisotopic (exact) mass is 238 g/mol. The Morgan fingerprint density at radius 1 is 1.38 bits per heavy atom. The zero-order valence-corrected chi connectivity index (χ0v) is 8.98. The van der Waals surface area contributed by atoms with Crippen molar-refractivity contribution in [2.45, 2.75) is 4.90 Å². The van der Waals surface area contributed by atoms with Crippen molar-refractivity contribution in [3.8, 4) is 0 Å². The van der Waals surface area contributed by atoms with Gasteiger partial charge in [-0.25, -0.2) is 4.79 Å². The highest BCUT2D eigenvalue weighted by molar-refractivity contribution is 7.80. The van der Waals surface area contributed by atoms with Crippen LogP contribution < -0.4 is 0 Å². The Bertz CT molecular complexity index is 279. The fraction of sp³-hybridized carbons (Fsp3) is 0.125. The maximum Gasteiger partial charge on any atom is 0.336 e. The first kappa shape index (κ1) is 12.6. The van der Waals surface area contributed by atoms with Crippen molar-refractivity contribution < 1.29 is 9.90 Å². The van der Waals surface area contributed by atoms with Gasteiger partial charge >= 0.3 is 5.97 Å². The van der Waals surface area contributed by atoms with E-state index in [0.29, 0.717) is 4.90 Å². The summed E-state index contributed by atoms with van der Waals surface area (Å²) < 4.78 is 0. The number of halogens is 2. The van der Waals surface area contributed by atoms with E-state index in [-0.39, 0.29) is 10.9 Å². The molecular weight excluding hydrogens is 231 g/mol. The minimum atomic E-state index is -0.939. The van der Waals surface area contributed by atoms with Gasteiger partial charge in [0, 0.05) is 4.90 Å². The van der Waals surface area contributed by atoms with Gasteiger partial charge in [0.05, 0.1) is 10.9 Å². The molecule has 0 saturated carbocycles. The SMILES string of the molecule is ClCCl.O=C(O)c1ccccc1S. The Morgan fingerprint density at radius 3 is 2.15 bits per heavy atom. The zero-order valence-electron chi connectivity index (χ0n) is 6.58. The molecule has 0 atom stereocenters. The van der Waals surface area contributed by atoms with Crippen LogP contribution in [0.3, 0.4) is 0 Å². The smallest absolute Gasteiger partial charge is 0.336 e. The molecule has 0 bridgehead atoms. The summed E-state index contributed by atoms with van der Waals surface area (Å²) in [6.45, 7) is 0. The Hall–Kier alpha value is -0.380. The number of hydrogen-bond acceptors (Lipinski definition) is 2. The largest absolute Gasteiger partial charge is 0.478 e. The Labute approximate surface area is 91.9 Å². The first-order valence-electron chi connectivity index (χ1n) is 3.26. The molecule has 0 radical (unpaired) electrons. The zero-order chi connectivity index (χ0) is 10.3. The van der Waals surface area contributed by atoms with Gasteiger partial charge < -0.3 is 5.11 Å². The first-order chi connectivity index (χ1) is 6.13.